The molecule has 0 amide bonds. The van der Waals surface area contributed by atoms with Crippen LogP contribution >= 0.6 is 24.0 Å². The van der Waals surface area contributed by atoms with Crippen molar-refractivity contribution in [1.29, 1.82) is 0 Å². The Bertz CT molecular complexity index is 777. The summed E-state index contributed by atoms with van der Waals surface area (Å²) in [6.45, 7) is 10.3. The molecule has 3 unspecified atom stereocenters. The van der Waals surface area contributed by atoms with Crippen LogP contribution in [-0.2, 0) is 4.74 Å². The fraction of sp³-hybridized carbons (Fsp3) is 0.609. The molecule has 1 N–H and O–H groups in total. The van der Waals surface area contributed by atoms with Crippen molar-refractivity contribution in [2.75, 3.05) is 33.4 Å². The van der Waals surface area contributed by atoms with E-state index >= 15 is 0 Å². The van der Waals surface area contributed by atoms with Crippen molar-refractivity contribution in [3.05, 3.63) is 35.9 Å². The number of fused-ring (bicyclic) bond motifs is 1. The van der Waals surface area contributed by atoms with Gasteiger partial charge in [-0.1, -0.05) is 32.1 Å². The van der Waals surface area contributed by atoms with Gasteiger partial charge in [0, 0.05) is 43.6 Å². The third kappa shape index (κ3) is 4.29. The Hall–Kier alpha value is -1.28. The van der Waals surface area contributed by atoms with Crippen molar-refractivity contribution in [3.63, 3.8) is 0 Å². The van der Waals surface area contributed by atoms with E-state index in [0.29, 0.717) is 18.1 Å². The standard InChI is InChI=1S/C23H33N3O2.HI/c1-5-24-22(25-20-19-11-14-28-21(19)23(20,2)3)26-12-9-16(10-13-26)17-7-6-8-18(15-17)27-4;/h6-9,15,19-21H,5,10-14H2,1-4H3,(H,24,25);1H. The summed E-state index contributed by atoms with van der Waals surface area (Å²) in [6, 6.07) is 8.79. The monoisotopic (exact) mass is 511 g/mol. The molecule has 0 spiro atoms. The molecular weight excluding hydrogens is 477 g/mol. The third-order valence-corrected chi connectivity index (χ3v) is 6.64. The molecule has 4 rings (SSSR count). The van der Waals surface area contributed by atoms with Crippen LogP contribution in [0.15, 0.2) is 35.3 Å². The zero-order valence-corrected chi connectivity index (χ0v) is 20.3. The Kier molecular flexibility index (Phi) is 7.14. The molecule has 1 saturated heterocycles. The quantitative estimate of drug-likeness (QED) is 0.375. The highest BCUT2D eigenvalue weighted by atomic mass is 127. The second-order valence-electron chi connectivity index (χ2n) is 8.64. The highest BCUT2D eigenvalue weighted by molar-refractivity contribution is 14.0. The van der Waals surface area contributed by atoms with E-state index in [4.69, 9.17) is 14.5 Å². The van der Waals surface area contributed by atoms with E-state index in [0.717, 1.165) is 50.8 Å². The molecule has 2 aliphatic heterocycles. The summed E-state index contributed by atoms with van der Waals surface area (Å²) in [5.74, 6) is 2.58. The first-order valence-corrected chi connectivity index (χ1v) is 10.6. The Morgan fingerprint density at radius 3 is 2.90 bits per heavy atom. The SMILES string of the molecule is CCN=C(NC1C2CCOC2C1(C)C)N1CC=C(c2cccc(OC)c2)CC1.I. The Morgan fingerprint density at radius 1 is 1.38 bits per heavy atom. The van der Waals surface area contributed by atoms with Crippen LogP contribution in [0.3, 0.4) is 0 Å². The maximum atomic E-state index is 5.95. The van der Waals surface area contributed by atoms with Gasteiger partial charge in [0.25, 0.3) is 0 Å². The van der Waals surface area contributed by atoms with Gasteiger partial charge in [-0.05, 0) is 43.0 Å². The first-order chi connectivity index (χ1) is 13.5. The van der Waals surface area contributed by atoms with Gasteiger partial charge in [0.2, 0.25) is 0 Å². The van der Waals surface area contributed by atoms with E-state index < -0.39 is 0 Å². The van der Waals surface area contributed by atoms with Crippen LogP contribution in [0.4, 0.5) is 0 Å². The average molecular weight is 511 g/mol. The fourth-order valence-electron chi connectivity index (χ4n) is 5.09. The van der Waals surface area contributed by atoms with Gasteiger partial charge in [0.05, 0.1) is 13.2 Å². The first kappa shape index (κ1) is 22.4. The molecular formula is C23H34IN3O2. The van der Waals surface area contributed by atoms with Crippen molar-refractivity contribution in [2.24, 2.45) is 16.3 Å². The number of nitrogens with one attached hydrogen (secondary N) is 1. The van der Waals surface area contributed by atoms with Gasteiger partial charge in [-0.15, -0.1) is 24.0 Å². The molecule has 3 aliphatic rings. The van der Waals surface area contributed by atoms with Crippen LogP contribution in [0.2, 0.25) is 0 Å². The van der Waals surface area contributed by atoms with Crippen LogP contribution in [0.25, 0.3) is 5.57 Å². The molecule has 1 saturated carbocycles. The van der Waals surface area contributed by atoms with E-state index in [-0.39, 0.29) is 29.4 Å². The molecule has 1 aliphatic carbocycles. The Morgan fingerprint density at radius 2 is 2.21 bits per heavy atom. The van der Waals surface area contributed by atoms with Crippen molar-refractivity contribution in [3.8, 4) is 5.75 Å². The van der Waals surface area contributed by atoms with Gasteiger partial charge in [0.1, 0.15) is 5.75 Å². The first-order valence-electron chi connectivity index (χ1n) is 10.6. The van der Waals surface area contributed by atoms with Crippen LogP contribution in [0.1, 0.15) is 39.2 Å². The topological polar surface area (TPSA) is 46.1 Å². The number of hydrogen-bond acceptors (Lipinski definition) is 3. The summed E-state index contributed by atoms with van der Waals surface area (Å²) >= 11 is 0. The van der Waals surface area contributed by atoms with Gasteiger partial charge in [-0.2, -0.15) is 0 Å². The Balaban J connectivity index is 0.00000240. The molecule has 1 aromatic rings. The molecule has 2 fully saturated rings. The van der Waals surface area contributed by atoms with Crippen molar-refractivity contribution in [1.82, 2.24) is 10.2 Å². The molecule has 6 heteroatoms. The lowest BCUT2D eigenvalue weighted by Crippen LogP contribution is -2.68. The highest BCUT2D eigenvalue weighted by Gasteiger charge is 2.59. The lowest BCUT2D eigenvalue weighted by atomic mass is 9.57. The summed E-state index contributed by atoms with van der Waals surface area (Å²) in [6.07, 6.45) is 4.90. The van der Waals surface area contributed by atoms with E-state index in [2.05, 4.69) is 55.3 Å². The van der Waals surface area contributed by atoms with E-state index in [1.54, 1.807) is 7.11 Å². The number of guanidine groups is 1. The second kappa shape index (κ2) is 9.25. The number of hydrogen-bond donors (Lipinski definition) is 1. The molecule has 5 nitrogen and oxygen atoms in total. The largest absolute Gasteiger partial charge is 0.497 e. The van der Waals surface area contributed by atoms with Crippen molar-refractivity contribution < 1.29 is 9.47 Å². The summed E-state index contributed by atoms with van der Waals surface area (Å²) in [5.41, 5.74) is 2.80. The predicted octanol–water partition coefficient (Wildman–Crippen LogP) is 4.18. The molecule has 160 valence electrons. The minimum atomic E-state index is 0. The van der Waals surface area contributed by atoms with Crippen molar-refractivity contribution >= 4 is 35.5 Å². The van der Waals surface area contributed by atoms with E-state index in [1.165, 1.54) is 11.1 Å². The van der Waals surface area contributed by atoms with Crippen LogP contribution < -0.4 is 10.1 Å². The van der Waals surface area contributed by atoms with Gasteiger partial charge < -0.3 is 19.7 Å². The maximum Gasteiger partial charge on any atom is 0.194 e. The molecule has 3 atom stereocenters. The molecule has 0 aromatic heterocycles. The fourth-order valence-corrected chi connectivity index (χ4v) is 5.09. The molecule has 2 heterocycles. The van der Waals surface area contributed by atoms with E-state index in [1.807, 2.05) is 6.07 Å². The van der Waals surface area contributed by atoms with Crippen LogP contribution in [0.5, 0.6) is 5.75 Å². The van der Waals surface area contributed by atoms with Crippen LogP contribution in [-0.4, -0.2) is 56.4 Å². The predicted molar refractivity (Wildman–Crippen MR) is 129 cm³/mol. The molecule has 0 radical (unpaired) electrons. The Labute approximate surface area is 192 Å². The summed E-state index contributed by atoms with van der Waals surface area (Å²) in [7, 11) is 1.72. The zero-order chi connectivity index (χ0) is 19.7. The zero-order valence-electron chi connectivity index (χ0n) is 18.0. The minimum Gasteiger partial charge on any atom is -0.497 e. The molecule has 0 bridgehead atoms. The number of methoxy groups -OCH3 is 1. The number of aliphatic imine (C=N–C) groups is 1. The van der Waals surface area contributed by atoms with E-state index in [9.17, 15) is 0 Å². The third-order valence-electron chi connectivity index (χ3n) is 6.64. The maximum absolute atomic E-state index is 5.95. The average Bonchev–Trinajstić information content (AvgIpc) is 3.18. The summed E-state index contributed by atoms with van der Waals surface area (Å²) in [4.78, 5) is 7.20. The number of halogens is 1. The van der Waals surface area contributed by atoms with Crippen molar-refractivity contribution in [2.45, 2.75) is 45.8 Å². The number of rotatable bonds is 4. The summed E-state index contributed by atoms with van der Waals surface area (Å²) < 4.78 is 11.3. The minimum absolute atomic E-state index is 0. The second-order valence-corrected chi connectivity index (χ2v) is 8.64. The van der Waals surface area contributed by atoms with Crippen LogP contribution in [0, 0.1) is 11.3 Å². The highest BCUT2D eigenvalue weighted by Crippen LogP contribution is 2.52. The number of ether oxygens (including phenoxy) is 2. The van der Waals surface area contributed by atoms with Gasteiger partial charge >= 0.3 is 0 Å². The lowest BCUT2D eigenvalue weighted by molar-refractivity contribution is -0.107. The van der Waals surface area contributed by atoms with Gasteiger partial charge in [-0.25, -0.2) is 0 Å². The normalized spacial score (nSPS) is 28.0. The molecule has 29 heavy (non-hydrogen) atoms. The number of benzene rings is 1. The molecule has 1 aromatic carbocycles. The van der Waals surface area contributed by atoms with Gasteiger partial charge in [0.15, 0.2) is 5.96 Å². The van der Waals surface area contributed by atoms with Gasteiger partial charge in [-0.3, -0.25) is 4.99 Å². The lowest BCUT2D eigenvalue weighted by Gasteiger charge is -2.55. The summed E-state index contributed by atoms with van der Waals surface area (Å²) in [5, 5.41) is 3.81. The number of nitrogens with zero attached hydrogens (tertiary/aromatic N) is 2. The smallest absolute Gasteiger partial charge is 0.194 e.